The van der Waals surface area contributed by atoms with E-state index in [4.69, 9.17) is 5.73 Å². The molecule has 0 spiro atoms. The van der Waals surface area contributed by atoms with Crippen molar-refractivity contribution in [2.75, 3.05) is 5.73 Å². The highest BCUT2D eigenvalue weighted by Crippen LogP contribution is 2.26. The highest BCUT2D eigenvalue weighted by molar-refractivity contribution is 7.99. The zero-order chi connectivity index (χ0) is 11.5. The van der Waals surface area contributed by atoms with Crippen molar-refractivity contribution in [3.63, 3.8) is 0 Å². The molecule has 0 saturated heterocycles. The Hall–Kier alpha value is -1.62. The van der Waals surface area contributed by atoms with E-state index < -0.39 is 0 Å². The Labute approximate surface area is 96.9 Å². The normalized spacial score (nSPS) is 10.4. The summed E-state index contributed by atoms with van der Waals surface area (Å²) in [5.41, 5.74) is 6.36. The fourth-order valence-corrected chi connectivity index (χ4v) is 2.12. The number of nitrogens with two attached hydrogens (primary N) is 1. The summed E-state index contributed by atoms with van der Waals surface area (Å²) in [7, 11) is 0. The maximum Gasteiger partial charge on any atom is 0.221 e. The number of halogens is 1. The summed E-state index contributed by atoms with van der Waals surface area (Å²) in [4.78, 5) is 8.99. The molecule has 3 nitrogen and oxygen atoms in total. The Morgan fingerprint density at radius 3 is 2.50 bits per heavy atom. The number of hydrogen-bond donors (Lipinski definition) is 1. The smallest absolute Gasteiger partial charge is 0.221 e. The van der Waals surface area contributed by atoms with E-state index in [0.717, 1.165) is 15.6 Å². The van der Waals surface area contributed by atoms with Crippen LogP contribution in [-0.4, -0.2) is 9.97 Å². The molecule has 0 unspecified atom stereocenters. The Morgan fingerprint density at radius 2 is 1.88 bits per heavy atom. The van der Waals surface area contributed by atoms with Gasteiger partial charge in [-0.2, -0.15) is 0 Å². The average molecular weight is 235 g/mol. The van der Waals surface area contributed by atoms with E-state index in [1.807, 2.05) is 13.0 Å². The van der Waals surface area contributed by atoms with Crippen LogP contribution in [0.1, 0.15) is 5.69 Å². The molecule has 0 bridgehead atoms. The molecule has 2 rings (SSSR count). The minimum atomic E-state index is -0.247. The number of hydrogen-bond acceptors (Lipinski definition) is 4. The summed E-state index contributed by atoms with van der Waals surface area (Å²) in [6.07, 6.45) is 0. The van der Waals surface area contributed by atoms with Crippen molar-refractivity contribution >= 4 is 17.7 Å². The first-order chi connectivity index (χ1) is 7.63. The molecule has 2 N–H and O–H groups in total. The van der Waals surface area contributed by atoms with Gasteiger partial charge >= 0.3 is 0 Å². The third kappa shape index (κ3) is 2.70. The molecule has 0 fully saturated rings. The molecule has 16 heavy (non-hydrogen) atoms. The zero-order valence-corrected chi connectivity index (χ0v) is 9.46. The first-order valence-corrected chi connectivity index (χ1v) is 5.50. The van der Waals surface area contributed by atoms with E-state index in [-0.39, 0.29) is 11.8 Å². The van der Waals surface area contributed by atoms with Gasteiger partial charge in [0.1, 0.15) is 10.8 Å². The minimum absolute atomic E-state index is 0.247. The lowest BCUT2D eigenvalue weighted by molar-refractivity contribution is 0.626. The molecule has 0 saturated carbocycles. The Morgan fingerprint density at radius 1 is 1.19 bits per heavy atom. The highest BCUT2D eigenvalue weighted by Gasteiger charge is 2.02. The molecule has 1 heterocycles. The van der Waals surface area contributed by atoms with Gasteiger partial charge in [0.25, 0.3) is 0 Å². The van der Waals surface area contributed by atoms with Crippen molar-refractivity contribution in [2.45, 2.75) is 16.8 Å². The van der Waals surface area contributed by atoms with Crippen molar-refractivity contribution in [2.24, 2.45) is 0 Å². The van der Waals surface area contributed by atoms with Gasteiger partial charge in [0.15, 0.2) is 0 Å². The van der Waals surface area contributed by atoms with Gasteiger partial charge in [-0.3, -0.25) is 0 Å². The molecule has 0 amide bonds. The molecule has 0 aliphatic heterocycles. The van der Waals surface area contributed by atoms with E-state index in [1.54, 1.807) is 12.1 Å². The number of benzene rings is 1. The molecular formula is C11H10FN3S. The second-order valence-electron chi connectivity index (χ2n) is 3.26. The van der Waals surface area contributed by atoms with Gasteiger partial charge in [-0.05, 0) is 37.3 Å². The molecule has 1 aromatic carbocycles. The van der Waals surface area contributed by atoms with E-state index in [2.05, 4.69) is 9.97 Å². The van der Waals surface area contributed by atoms with Crippen LogP contribution in [0.15, 0.2) is 40.3 Å². The lowest BCUT2D eigenvalue weighted by Gasteiger charge is -2.02. The van der Waals surface area contributed by atoms with Crippen LogP contribution in [0.25, 0.3) is 0 Å². The number of anilines is 1. The minimum Gasteiger partial charge on any atom is -0.368 e. The fraction of sp³-hybridized carbons (Fsp3) is 0.0909. The number of aryl methyl sites for hydroxylation is 1. The summed E-state index contributed by atoms with van der Waals surface area (Å²) < 4.78 is 12.7. The van der Waals surface area contributed by atoms with Gasteiger partial charge in [0, 0.05) is 10.6 Å². The molecule has 0 radical (unpaired) electrons. The first kappa shape index (κ1) is 10.9. The fourth-order valence-electron chi connectivity index (χ4n) is 1.24. The number of aromatic nitrogens is 2. The summed E-state index contributed by atoms with van der Waals surface area (Å²) in [5.74, 6) is 0.00680. The van der Waals surface area contributed by atoms with E-state index in [9.17, 15) is 4.39 Å². The third-order valence-electron chi connectivity index (χ3n) is 1.88. The van der Waals surface area contributed by atoms with Gasteiger partial charge in [0.2, 0.25) is 5.95 Å². The quantitative estimate of drug-likeness (QED) is 0.813. The van der Waals surface area contributed by atoms with Crippen LogP contribution in [0.3, 0.4) is 0 Å². The molecule has 82 valence electrons. The van der Waals surface area contributed by atoms with Gasteiger partial charge in [0.05, 0.1) is 0 Å². The molecule has 0 aliphatic carbocycles. The SMILES string of the molecule is Cc1cc(Sc2ccc(F)cc2)nc(N)n1. The van der Waals surface area contributed by atoms with Crippen molar-refractivity contribution < 1.29 is 4.39 Å². The van der Waals surface area contributed by atoms with Crippen LogP contribution in [0.5, 0.6) is 0 Å². The maximum absolute atomic E-state index is 12.7. The van der Waals surface area contributed by atoms with Crippen LogP contribution < -0.4 is 5.73 Å². The Balaban J connectivity index is 2.23. The summed E-state index contributed by atoms with van der Waals surface area (Å²) >= 11 is 1.43. The molecule has 0 atom stereocenters. The first-order valence-electron chi connectivity index (χ1n) is 4.68. The largest absolute Gasteiger partial charge is 0.368 e. The van der Waals surface area contributed by atoms with Crippen LogP contribution in [0, 0.1) is 12.7 Å². The topological polar surface area (TPSA) is 51.8 Å². The average Bonchev–Trinajstić information content (AvgIpc) is 2.20. The predicted octanol–water partition coefficient (Wildman–Crippen LogP) is 2.66. The third-order valence-corrected chi connectivity index (χ3v) is 2.81. The highest BCUT2D eigenvalue weighted by atomic mass is 32.2. The standard InChI is InChI=1S/C11H10FN3S/c1-7-6-10(15-11(13)14-7)16-9-4-2-8(12)3-5-9/h2-6H,1H3,(H2,13,14,15). The molecule has 2 aromatic rings. The van der Waals surface area contributed by atoms with Gasteiger partial charge in [-0.15, -0.1) is 0 Å². The van der Waals surface area contributed by atoms with Crippen molar-refractivity contribution in [3.05, 3.63) is 41.8 Å². The van der Waals surface area contributed by atoms with Crippen molar-refractivity contribution in [1.29, 1.82) is 0 Å². The van der Waals surface area contributed by atoms with Gasteiger partial charge < -0.3 is 5.73 Å². The Kier molecular flexibility index (Phi) is 3.05. The van der Waals surface area contributed by atoms with Crippen LogP contribution in [-0.2, 0) is 0 Å². The van der Waals surface area contributed by atoms with E-state index >= 15 is 0 Å². The number of nitrogen functional groups attached to an aromatic ring is 1. The van der Waals surface area contributed by atoms with Crippen molar-refractivity contribution in [1.82, 2.24) is 9.97 Å². The summed E-state index contributed by atoms with van der Waals surface area (Å²) in [5, 5.41) is 0.761. The second-order valence-corrected chi connectivity index (χ2v) is 4.36. The van der Waals surface area contributed by atoms with Crippen molar-refractivity contribution in [3.8, 4) is 0 Å². The summed E-state index contributed by atoms with van der Waals surface area (Å²) in [6, 6.07) is 8.07. The Bertz CT molecular complexity index is 479. The van der Waals surface area contributed by atoms with Gasteiger partial charge in [-0.25, -0.2) is 14.4 Å². The maximum atomic E-state index is 12.7. The van der Waals surface area contributed by atoms with E-state index in [0.29, 0.717) is 0 Å². The lowest BCUT2D eigenvalue weighted by atomic mass is 10.4. The second kappa shape index (κ2) is 4.49. The monoisotopic (exact) mass is 235 g/mol. The van der Waals surface area contributed by atoms with Crippen LogP contribution >= 0.6 is 11.8 Å². The summed E-state index contributed by atoms with van der Waals surface area (Å²) in [6.45, 7) is 1.85. The molecule has 0 aliphatic rings. The van der Waals surface area contributed by atoms with Gasteiger partial charge in [-0.1, -0.05) is 11.8 Å². The van der Waals surface area contributed by atoms with Crippen LogP contribution in [0.2, 0.25) is 0 Å². The van der Waals surface area contributed by atoms with E-state index in [1.165, 1.54) is 23.9 Å². The molecular weight excluding hydrogens is 225 g/mol. The number of rotatable bonds is 2. The van der Waals surface area contributed by atoms with Crippen LogP contribution in [0.4, 0.5) is 10.3 Å². The number of nitrogens with zero attached hydrogens (tertiary/aromatic N) is 2. The lowest BCUT2D eigenvalue weighted by Crippen LogP contribution is -1.97. The predicted molar refractivity (Wildman–Crippen MR) is 61.7 cm³/mol. The molecule has 1 aromatic heterocycles. The molecule has 5 heteroatoms. The zero-order valence-electron chi connectivity index (χ0n) is 8.64.